The minimum absolute atomic E-state index is 0.287. The van der Waals surface area contributed by atoms with Crippen molar-refractivity contribution in [3.8, 4) is 0 Å². The predicted molar refractivity (Wildman–Crippen MR) is 84.0 cm³/mol. The Bertz CT molecular complexity index is 452. The molecule has 2 heterocycles. The van der Waals surface area contributed by atoms with Crippen LogP contribution in [-0.2, 0) is 0 Å². The molecule has 0 spiro atoms. The second kappa shape index (κ2) is 6.39. The van der Waals surface area contributed by atoms with Gasteiger partial charge < -0.3 is 11.1 Å². The van der Waals surface area contributed by atoms with Gasteiger partial charge in [-0.3, -0.25) is 4.90 Å². The van der Waals surface area contributed by atoms with Crippen molar-refractivity contribution in [1.82, 2.24) is 14.9 Å². The van der Waals surface area contributed by atoms with E-state index >= 15 is 0 Å². The highest BCUT2D eigenvalue weighted by Gasteiger charge is 2.18. The van der Waals surface area contributed by atoms with Crippen molar-refractivity contribution in [2.24, 2.45) is 0 Å². The number of likely N-dealkylation sites (tertiary alicyclic amines) is 1. The molecule has 1 atom stereocenters. The van der Waals surface area contributed by atoms with Crippen molar-refractivity contribution in [1.29, 1.82) is 0 Å². The molecule has 112 valence electrons. The lowest BCUT2D eigenvalue weighted by atomic mass is 10.2. The summed E-state index contributed by atoms with van der Waals surface area (Å²) in [6.45, 7) is 11.7. The molecule has 5 nitrogen and oxygen atoms in total. The van der Waals surface area contributed by atoms with Crippen LogP contribution in [0.3, 0.4) is 0 Å². The molecule has 20 heavy (non-hydrogen) atoms. The molecule has 1 unspecified atom stereocenters. The lowest BCUT2D eigenvalue weighted by Crippen LogP contribution is -2.35. The van der Waals surface area contributed by atoms with Crippen molar-refractivity contribution in [3.63, 3.8) is 0 Å². The number of rotatable bonds is 5. The van der Waals surface area contributed by atoms with E-state index in [0.29, 0.717) is 11.9 Å². The molecule has 1 aromatic rings. The topological polar surface area (TPSA) is 67.1 Å². The molecule has 1 saturated heterocycles. The predicted octanol–water partition coefficient (Wildman–Crippen LogP) is 2.39. The first-order chi connectivity index (χ1) is 9.49. The zero-order valence-electron chi connectivity index (χ0n) is 13.1. The first-order valence-electron chi connectivity index (χ1n) is 7.61. The maximum Gasteiger partial charge on any atom is 0.135 e. The van der Waals surface area contributed by atoms with Gasteiger partial charge in [0.05, 0.1) is 0 Å². The van der Waals surface area contributed by atoms with Gasteiger partial charge in [-0.25, -0.2) is 9.97 Å². The molecule has 0 aromatic carbocycles. The van der Waals surface area contributed by atoms with E-state index in [1.54, 1.807) is 0 Å². The molecular formula is C15H27N5. The summed E-state index contributed by atoms with van der Waals surface area (Å²) in [5.74, 6) is 2.56. The summed E-state index contributed by atoms with van der Waals surface area (Å²) in [4.78, 5) is 11.5. The van der Waals surface area contributed by atoms with Crippen LogP contribution in [0, 0.1) is 6.92 Å². The Hall–Kier alpha value is -1.36. The Labute approximate surface area is 122 Å². The number of nitrogens with two attached hydrogens (primary N) is 1. The SMILES string of the molecule is Cc1c(N)nc(C(C)C)nc1NCC(C)N1CCCC1. The summed E-state index contributed by atoms with van der Waals surface area (Å²) in [7, 11) is 0. The fourth-order valence-electron chi connectivity index (χ4n) is 2.54. The summed E-state index contributed by atoms with van der Waals surface area (Å²) in [5, 5.41) is 3.45. The van der Waals surface area contributed by atoms with Gasteiger partial charge >= 0.3 is 0 Å². The van der Waals surface area contributed by atoms with Crippen LogP contribution in [0.4, 0.5) is 11.6 Å². The van der Waals surface area contributed by atoms with Crippen LogP contribution in [0.1, 0.15) is 50.9 Å². The van der Waals surface area contributed by atoms with E-state index < -0.39 is 0 Å². The number of anilines is 2. The van der Waals surface area contributed by atoms with Gasteiger partial charge in [0, 0.05) is 24.1 Å². The Morgan fingerprint density at radius 2 is 1.85 bits per heavy atom. The van der Waals surface area contributed by atoms with E-state index in [0.717, 1.165) is 23.8 Å². The molecule has 0 radical (unpaired) electrons. The van der Waals surface area contributed by atoms with Gasteiger partial charge in [0.2, 0.25) is 0 Å². The monoisotopic (exact) mass is 277 g/mol. The standard InChI is InChI=1S/C15H27N5/c1-10(2)14-18-13(16)12(4)15(19-14)17-9-11(3)20-7-5-6-8-20/h10-11H,5-9H2,1-4H3,(H3,16,17,18,19). The second-order valence-electron chi connectivity index (χ2n) is 6.07. The van der Waals surface area contributed by atoms with Crippen LogP contribution in [0.25, 0.3) is 0 Å². The smallest absolute Gasteiger partial charge is 0.135 e. The summed E-state index contributed by atoms with van der Waals surface area (Å²) < 4.78 is 0. The molecule has 5 heteroatoms. The summed E-state index contributed by atoms with van der Waals surface area (Å²) in [6, 6.07) is 0.524. The van der Waals surface area contributed by atoms with Crippen LogP contribution in [0.5, 0.6) is 0 Å². The maximum absolute atomic E-state index is 5.99. The van der Waals surface area contributed by atoms with E-state index in [-0.39, 0.29) is 5.92 Å². The second-order valence-corrected chi connectivity index (χ2v) is 6.07. The number of hydrogen-bond acceptors (Lipinski definition) is 5. The Balaban J connectivity index is 2.04. The van der Waals surface area contributed by atoms with Gasteiger partial charge in [-0.15, -0.1) is 0 Å². The van der Waals surface area contributed by atoms with Crippen LogP contribution in [-0.4, -0.2) is 40.5 Å². The number of nitrogen functional groups attached to an aromatic ring is 1. The van der Waals surface area contributed by atoms with Crippen LogP contribution in [0.15, 0.2) is 0 Å². The first-order valence-corrected chi connectivity index (χ1v) is 7.61. The number of hydrogen-bond donors (Lipinski definition) is 2. The average molecular weight is 277 g/mol. The van der Waals surface area contributed by atoms with E-state index in [4.69, 9.17) is 5.73 Å². The third-order valence-electron chi connectivity index (χ3n) is 4.05. The van der Waals surface area contributed by atoms with Gasteiger partial charge in [0.15, 0.2) is 0 Å². The molecule has 0 amide bonds. The molecule has 1 aliphatic rings. The third kappa shape index (κ3) is 3.39. The fraction of sp³-hybridized carbons (Fsp3) is 0.733. The Morgan fingerprint density at radius 1 is 1.20 bits per heavy atom. The summed E-state index contributed by atoms with van der Waals surface area (Å²) in [5.41, 5.74) is 6.93. The van der Waals surface area contributed by atoms with Gasteiger partial charge in [-0.2, -0.15) is 0 Å². The van der Waals surface area contributed by atoms with Crippen LogP contribution >= 0.6 is 0 Å². The lowest BCUT2D eigenvalue weighted by molar-refractivity contribution is 0.269. The molecule has 3 N–H and O–H groups in total. The normalized spacial score (nSPS) is 17.6. The van der Waals surface area contributed by atoms with E-state index in [1.807, 2.05) is 6.92 Å². The van der Waals surface area contributed by atoms with Crippen molar-refractivity contribution >= 4 is 11.6 Å². The molecule has 1 aromatic heterocycles. The largest absolute Gasteiger partial charge is 0.383 e. The number of aromatic nitrogens is 2. The lowest BCUT2D eigenvalue weighted by Gasteiger charge is -2.24. The van der Waals surface area contributed by atoms with E-state index in [1.165, 1.54) is 25.9 Å². The van der Waals surface area contributed by atoms with Gasteiger partial charge in [0.25, 0.3) is 0 Å². The zero-order chi connectivity index (χ0) is 14.7. The molecule has 1 aliphatic heterocycles. The average Bonchev–Trinajstić information content (AvgIpc) is 2.93. The quantitative estimate of drug-likeness (QED) is 0.865. The highest BCUT2D eigenvalue weighted by atomic mass is 15.2. The van der Waals surface area contributed by atoms with Gasteiger partial charge in [0.1, 0.15) is 17.5 Å². The van der Waals surface area contributed by atoms with Crippen LogP contribution < -0.4 is 11.1 Å². The zero-order valence-corrected chi connectivity index (χ0v) is 13.1. The molecule has 2 rings (SSSR count). The molecule has 1 fully saturated rings. The minimum atomic E-state index is 0.287. The van der Waals surface area contributed by atoms with Crippen molar-refractivity contribution in [3.05, 3.63) is 11.4 Å². The van der Waals surface area contributed by atoms with E-state index in [9.17, 15) is 0 Å². The van der Waals surface area contributed by atoms with Gasteiger partial charge in [-0.05, 0) is 39.8 Å². The van der Waals surface area contributed by atoms with E-state index in [2.05, 4.69) is 41.0 Å². The highest BCUT2D eigenvalue weighted by molar-refractivity contribution is 5.55. The minimum Gasteiger partial charge on any atom is -0.383 e. The molecule has 0 saturated carbocycles. The van der Waals surface area contributed by atoms with Crippen LogP contribution in [0.2, 0.25) is 0 Å². The molecule has 0 aliphatic carbocycles. The van der Waals surface area contributed by atoms with Crippen molar-refractivity contribution < 1.29 is 0 Å². The van der Waals surface area contributed by atoms with Gasteiger partial charge in [-0.1, -0.05) is 13.8 Å². The maximum atomic E-state index is 5.99. The summed E-state index contributed by atoms with van der Waals surface area (Å²) >= 11 is 0. The highest BCUT2D eigenvalue weighted by Crippen LogP contribution is 2.21. The molecule has 0 bridgehead atoms. The van der Waals surface area contributed by atoms with Crippen molar-refractivity contribution in [2.45, 2.75) is 52.5 Å². The number of nitrogens with one attached hydrogen (secondary N) is 1. The fourth-order valence-corrected chi connectivity index (χ4v) is 2.54. The first kappa shape index (κ1) is 15.0. The summed E-state index contributed by atoms with van der Waals surface area (Å²) in [6.07, 6.45) is 2.64. The number of nitrogens with zero attached hydrogens (tertiary/aromatic N) is 3. The molecular weight excluding hydrogens is 250 g/mol. The third-order valence-corrected chi connectivity index (χ3v) is 4.05. The Morgan fingerprint density at radius 3 is 2.45 bits per heavy atom. The Kier molecular flexibility index (Phi) is 4.81. The van der Waals surface area contributed by atoms with Crippen molar-refractivity contribution in [2.75, 3.05) is 30.7 Å².